The van der Waals surface area contributed by atoms with E-state index in [4.69, 9.17) is 11.0 Å². The molecule has 1 atom stereocenters. The monoisotopic (exact) mass is 172 g/mol. The summed E-state index contributed by atoms with van der Waals surface area (Å²) in [4.78, 5) is 0. The smallest absolute Gasteiger partial charge is 0.0995 e. The normalized spacial score (nSPS) is 11.8. The second-order valence-corrected chi connectivity index (χ2v) is 2.96. The lowest BCUT2D eigenvalue weighted by Gasteiger charge is -2.08. The highest BCUT2D eigenvalue weighted by atomic mass is 14.6. The molecular weight excluding hydrogens is 160 g/mol. The second kappa shape index (κ2) is 3.88. The Hall–Kier alpha value is -1.59. The van der Waals surface area contributed by atoms with E-state index in [1.807, 2.05) is 25.1 Å². The van der Waals surface area contributed by atoms with Crippen LogP contribution in [0.3, 0.4) is 0 Å². The zero-order valence-electron chi connectivity index (χ0n) is 7.62. The molecule has 0 aliphatic heterocycles. The Morgan fingerprint density at radius 1 is 1.62 bits per heavy atom. The van der Waals surface area contributed by atoms with Gasteiger partial charge in [0, 0.05) is 6.04 Å². The minimum absolute atomic E-state index is 0.254. The van der Waals surface area contributed by atoms with Crippen LogP contribution in [0.5, 0.6) is 0 Å². The largest absolute Gasteiger partial charge is 0.321 e. The van der Waals surface area contributed by atoms with Gasteiger partial charge in [0.15, 0.2) is 0 Å². The van der Waals surface area contributed by atoms with E-state index in [9.17, 15) is 0 Å². The molecule has 2 heteroatoms. The number of hydrogen-bond donors (Lipinski definition) is 1. The van der Waals surface area contributed by atoms with Crippen molar-refractivity contribution in [3.05, 3.63) is 47.5 Å². The summed E-state index contributed by atoms with van der Waals surface area (Å²) >= 11 is 0. The number of hydrogen-bond acceptors (Lipinski definition) is 2. The van der Waals surface area contributed by atoms with Crippen LogP contribution in [-0.2, 0) is 0 Å². The van der Waals surface area contributed by atoms with Crippen molar-refractivity contribution in [1.29, 1.82) is 5.26 Å². The van der Waals surface area contributed by atoms with Gasteiger partial charge < -0.3 is 5.73 Å². The van der Waals surface area contributed by atoms with Crippen molar-refractivity contribution in [2.75, 3.05) is 0 Å². The maximum Gasteiger partial charge on any atom is 0.0995 e. The molecule has 0 fully saturated rings. The molecule has 0 unspecified atom stereocenters. The van der Waals surface area contributed by atoms with Gasteiger partial charge in [-0.2, -0.15) is 5.26 Å². The third kappa shape index (κ3) is 1.95. The first-order chi connectivity index (χ1) is 6.19. The zero-order chi connectivity index (χ0) is 9.84. The molecular formula is C11H12N2. The highest BCUT2D eigenvalue weighted by molar-refractivity contribution is 5.43. The van der Waals surface area contributed by atoms with Crippen LogP contribution in [0.4, 0.5) is 0 Å². The van der Waals surface area contributed by atoms with Gasteiger partial charge in [-0.3, -0.25) is 0 Å². The summed E-state index contributed by atoms with van der Waals surface area (Å²) in [5.41, 5.74) is 8.29. The summed E-state index contributed by atoms with van der Waals surface area (Å²) < 4.78 is 0. The number of aryl methyl sites for hydroxylation is 1. The molecule has 0 radical (unpaired) electrons. The summed E-state index contributed by atoms with van der Waals surface area (Å²) in [5.74, 6) is 0. The van der Waals surface area contributed by atoms with Gasteiger partial charge in [-0.15, -0.1) is 6.58 Å². The Labute approximate surface area is 78.3 Å². The predicted molar refractivity (Wildman–Crippen MR) is 53.0 cm³/mol. The Morgan fingerprint density at radius 3 is 2.85 bits per heavy atom. The van der Waals surface area contributed by atoms with E-state index < -0.39 is 0 Å². The number of nitrogens with zero attached hydrogens (tertiary/aromatic N) is 1. The fourth-order valence-electron chi connectivity index (χ4n) is 1.18. The van der Waals surface area contributed by atoms with E-state index >= 15 is 0 Å². The molecule has 2 N–H and O–H groups in total. The first-order valence-electron chi connectivity index (χ1n) is 4.08. The molecule has 1 aromatic carbocycles. The molecule has 0 amide bonds. The Morgan fingerprint density at radius 2 is 2.31 bits per heavy atom. The molecule has 66 valence electrons. The van der Waals surface area contributed by atoms with Crippen molar-refractivity contribution >= 4 is 0 Å². The fourth-order valence-corrected chi connectivity index (χ4v) is 1.18. The molecule has 0 bridgehead atoms. The van der Waals surface area contributed by atoms with Crippen molar-refractivity contribution in [3.8, 4) is 6.07 Å². The summed E-state index contributed by atoms with van der Waals surface area (Å²) in [6, 6.07) is 7.52. The fraction of sp³-hybridized carbons (Fsp3) is 0.182. The summed E-state index contributed by atoms with van der Waals surface area (Å²) in [6.45, 7) is 5.55. The van der Waals surface area contributed by atoms with E-state index in [2.05, 4.69) is 12.6 Å². The minimum atomic E-state index is -0.254. The van der Waals surface area contributed by atoms with E-state index in [0.29, 0.717) is 5.56 Å². The molecule has 0 saturated heterocycles. The van der Waals surface area contributed by atoms with Crippen molar-refractivity contribution in [2.45, 2.75) is 13.0 Å². The number of rotatable bonds is 2. The van der Waals surface area contributed by atoms with Gasteiger partial charge in [-0.25, -0.2) is 0 Å². The van der Waals surface area contributed by atoms with Gasteiger partial charge in [0.25, 0.3) is 0 Å². The van der Waals surface area contributed by atoms with Crippen LogP contribution in [-0.4, -0.2) is 0 Å². The summed E-state index contributed by atoms with van der Waals surface area (Å²) in [5, 5.41) is 8.85. The second-order valence-electron chi connectivity index (χ2n) is 2.96. The lowest BCUT2D eigenvalue weighted by molar-refractivity contribution is 0.908. The molecule has 2 nitrogen and oxygen atoms in total. The molecule has 0 aromatic heterocycles. The lowest BCUT2D eigenvalue weighted by Crippen LogP contribution is -2.08. The lowest BCUT2D eigenvalue weighted by atomic mass is 10.00. The van der Waals surface area contributed by atoms with E-state index in [1.165, 1.54) is 0 Å². The van der Waals surface area contributed by atoms with Gasteiger partial charge in [0.1, 0.15) is 0 Å². The van der Waals surface area contributed by atoms with Crippen LogP contribution < -0.4 is 5.73 Å². The molecule has 0 spiro atoms. The first-order valence-corrected chi connectivity index (χ1v) is 4.08. The van der Waals surface area contributed by atoms with Crippen LogP contribution >= 0.6 is 0 Å². The number of benzene rings is 1. The van der Waals surface area contributed by atoms with Crippen molar-refractivity contribution < 1.29 is 0 Å². The minimum Gasteiger partial charge on any atom is -0.321 e. The zero-order valence-corrected chi connectivity index (χ0v) is 7.62. The summed E-state index contributed by atoms with van der Waals surface area (Å²) in [7, 11) is 0. The standard InChI is InChI=1S/C11H12N2/c1-3-11(13)10-5-4-8(2)6-9(10)7-12/h3-6,11H,1,13H2,2H3/t11-/m0/s1. The third-order valence-electron chi connectivity index (χ3n) is 1.94. The van der Waals surface area contributed by atoms with E-state index in [0.717, 1.165) is 11.1 Å². The van der Waals surface area contributed by atoms with Crippen LogP contribution in [0.2, 0.25) is 0 Å². The van der Waals surface area contributed by atoms with Gasteiger partial charge in [-0.1, -0.05) is 18.2 Å². The van der Waals surface area contributed by atoms with Crippen molar-refractivity contribution in [3.63, 3.8) is 0 Å². The quantitative estimate of drug-likeness (QED) is 0.694. The predicted octanol–water partition coefficient (Wildman–Crippen LogP) is 2.05. The van der Waals surface area contributed by atoms with Crippen LogP contribution in [0.1, 0.15) is 22.7 Å². The average Bonchev–Trinajstić information content (AvgIpc) is 2.16. The maximum absolute atomic E-state index is 8.85. The maximum atomic E-state index is 8.85. The third-order valence-corrected chi connectivity index (χ3v) is 1.94. The van der Waals surface area contributed by atoms with Gasteiger partial charge in [-0.05, 0) is 24.1 Å². The Kier molecular flexibility index (Phi) is 2.84. The van der Waals surface area contributed by atoms with E-state index in [-0.39, 0.29) is 6.04 Å². The van der Waals surface area contributed by atoms with E-state index in [1.54, 1.807) is 6.08 Å². The molecule has 13 heavy (non-hydrogen) atoms. The first kappa shape index (κ1) is 9.50. The van der Waals surface area contributed by atoms with Crippen molar-refractivity contribution in [1.82, 2.24) is 0 Å². The van der Waals surface area contributed by atoms with Crippen LogP contribution in [0.15, 0.2) is 30.9 Å². The average molecular weight is 172 g/mol. The highest BCUT2D eigenvalue weighted by Gasteiger charge is 2.06. The van der Waals surface area contributed by atoms with Crippen molar-refractivity contribution in [2.24, 2.45) is 5.73 Å². The van der Waals surface area contributed by atoms with Gasteiger partial charge >= 0.3 is 0 Å². The summed E-state index contributed by atoms with van der Waals surface area (Å²) in [6.07, 6.45) is 1.63. The Balaban J connectivity index is 3.22. The topological polar surface area (TPSA) is 49.8 Å². The van der Waals surface area contributed by atoms with Crippen LogP contribution in [0, 0.1) is 18.3 Å². The number of nitrogens with two attached hydrogens (primary N) is 1. The van der Waals surface area contributed by atoms with Gasteiger partial charge in [0.05, 0.1) is 11.6 Å². The molecule has 1 rings (SSSR count). The van der Waals surface area contributed by atoms with Crippen LogP contribution in [0.25, 0.3) is 0 Å². The molecule has 1 aromatic rings. The molecule has 0 heterocycles. The number of nitriles is 1. The highest BCUT2D eigenvalue weighted by Crippen LogP contribution is 2.17. The molecule has 0 saturated carbocycles. The molecule has 0 aliphatic rings. The Bertz CT molecular complexity index is 361. The molecule has 0 aliphatic carbocycles. The SMILES string of the molecule is C=C[C@H](N)c1ccc(C)cc1C#N. The van der Waals surface area contributed by atoms with Gasteiger partial charge in [0.2, 0.25) is 0 Å².